The number of aromatic nitrogens is 2. The molecule has 0 aliphatic carbocycles. The molecule has 0 spiro atoms. The van der Waals surface area contributed by atoms with Crippen LogP contribution in [0.25, 0.3) is 22.4 Å². The number of thiazole rings is 1. The Bertz CT molecular complexity index is 1160. The molecular formula is C19H14FN3O3S. The van der Waals surface area contributed by atoms with Crippen molar-refractivity contribution in [1.29, 1.82) is 0 Å². The normalized spacial score (nSPS) is 11.0. The standard InChI is InChI=1S/C19H14FN3O3S/c20-13-4-1-11(2-5-13)18(24)21-8-7-17-22-15(10-27-17)12-3-6-14-16(9-12)26-19(25)23-14/h1-6,9-10H,7-8H2,(H,21,24)(H,23,25). The number of halogens is 1. The molecular weight excluding hydrogens is 369 g/mol. The van der Waals surface area contributed by atoms with E-state index in [4.69, 9.17) is 4.42 Å². The van der Waals surface area contributed by atoms with Gasteiger partial charge in [-0.25, -0.2) is 14.2 Å². The number of aromatic amines is 1. The number of carbonyl (C=O) groups excluding carboxylic acids is 1. The lowest BCUT2D eigenvalue weighted by Crippen LogP contribution is -2.25. The van der Waals surface area contributed by atoms with Crippen LogP contribution >= 0.6 is 11.3 Å². The van der Waals surface area contributed by atoms with E-state index in [9.17, 15) is 14.0 Å². The van der Waals surface area contributed by atoms with Gasteiger partial charge in [0.25, 0.3) is 5.91 Å². The smallest absolute Gasteiger partial charge is 0.408 e. The fourth-order valence-corrected chi connectivity index (χ4v) is 3.46. The van der Waals surface area contributed by atoms with Crippen LogP contribution in [0, 0.1) is 5.82 Å². The van der Waals surface area contributed by atoms with Crippen LogP contribution in [0.15, 0.2) is 57.1 Å². The highest BCUT2D eigenvalue weighted by Crippen LogP contribution is 2.25. The molecule has 0 radical (unpaired) electrons. The van der Waals surface area contributed by atoms with E-state index < -0.39 is 5.76 Å². The first kappa shape index (κ1) is 17.2. The van der Waals surface area contributed by atoms with Crippen molar-refractivity contribution in [1.82, 2.24) is 15.3 Å². The van der Waals surface area contributed by atoms with Crippen LogP contribution in [0.4, 0.5) is 4.39 Å². The molecule has 0 aliphatic rings. The van der Waals surface area contributed by atoms with Gasteiger partial charge in [-0.05, 0) is 36.4 Å². The van der Waals surface area contributed by atoms with Crippen molar-refractivity contribution >= 4 is 28.3 Å². The average Bonchev–Trinajstić information content (AvgIpc) is 3.27. The van der Waals surface area contributed by atoms with Gasteiger partial charge < -0.3 is 9.73 Å². The van der Waals surface area contributed by atoms with E-state index in [0.29, 0.717) is 29.6 Å². The van der Waals surface area contributed by atoms with E-state index in [1.807, 2.05) is 11.4 Å². The van der Waals surface area contributed by atoms with Crippen molar-refractivity contribution in [3.63, 3.8) is 0 Å². The minimum atomic E-state index is -0.488. The van der Waals surface area contributed by atoms with E-state index in [0.717, 1.165) is 16.3 Å². The number of amides is 1. The Morgan fingerprint density at radius 2 is 2.04 bits per heavy atom. The van der Waals surface area contributed by atoms with Gasteiger partial charge in [-0.3, -0.25) is 9.78 Å². The second-order valence-electron chi connectivity index (χ2n) is 5.86. The maximum Gasteiger partial charge on any atom is 0.417 e. The van der Waals surface area contributed by atoms with Crippen LogP contribution in [-0.4, -0.2) is 22.4 Å². The zero-order valence-corrected chi connectivity index (χ0v) is 14.8. The molecule has 2 aromatic heterocycles. The zero-order chi connectivity index (χ0) is 18.8. The highest BCUT2D eigenvalue weighted by atomic mass is 32.1. The van der Waals surface area contributed by atoms with Crippen molar-refractivity contribution in [2.24, 2.45) is 0 Å². The maximum absolute atomic E-state index is 12.9. The van der Waals surface area contributed by atoms with Crippen LogP contribution in [0.5, 0.6) is 0 Å². The number of hydrogen-bond acceptors (Lipinski definition) is 5. The van der Waals surface area contributed by atoms with E-state index >= 15 is 0 Å². The topological polar surface area (TPSA) is 88.0 Å². The molecule has 2 N–H and O–H groups in total. The minimum absolute atomic E-state index is 0.250. The van der Waals surface area contributed by atoms with Gasteiger partial charge in [-0.1, -0.05) is 6.07 Å². The number of nitrogens with one attached hydrogen (secondary N) is 2. The number of rotatable bonds is 5. The molecule has 0 saturated heterocycles. The summed E-state index contributed by atoms with van der Waals surface area (Å²) >= 11 is 1.49. The number of benzene rings is 2. The monoisotopic (exact) mass is 383 g/mol. The molecule has 8 heteroatoms. The van der Waals surface area contributed by atoms with E-state index in [1.54, 1.807) is 12.1 Å². The molecule has 136 valence electrons. The second-order valence-corrected chi connectivity index (χ2v) is 6.81. The van der Waals surface area contributed by atoms with Gasteiger partial charge in [-0.2, -0.15) is 0 Å². The van der Waals surface area contributed by atoms with Gasteiger partial charge in [0.2, 0.25) is 0 Å². The molecule has 0 atom stereocenters. The molecule has 0 saturated carbocycles. The maximum atomic E-state index is 12.9. The number of oxazole rings is 1. The van der Waals surface area contributed by atoms with Crippen molar-refractivity contribution in [3.8, 4) is 11.3 Å². The highest BCUT2D eigenvalue weighted by molar-refractivity contribution is 7.09. The number of hydrogen-bond donors (Lipinski definition) is 2. The summed E-state index contributed by atoms with van der Waals surface area (Å²) in [4.78, 5) is 30.4. The summed E-state index contributed by atoms with van der Waals surface area (Å²) in [5, 5.41) is 5.59. The highest BCUT2D eigenvalue weighted by Gasteiger charge is 2.09. The van der Waals surface area contributed by atoms with Gasteiger partial charge in [0.1, 0.15) is 5.82 Å². The quantitative estimate of drug-likeness (QED) is 0.553. The van der Waals surface area contributed by atoms with E-state index in [-0.39, 0.29) is 11.7 Å². The number of nitrogens with zero attached hydrogens (tertiary/aromatic N) is 1. The Kier molecular flexibility index (Phi) is 4.55. The Morgan fingerprint density at radius 1 is 1.22 bits per heavy atom. The molecule has 2 heterocycles. The summed E-state index contributed by atoms with van der Waals surface area (Å²) in [6.45, 7) is 0.425. The second kappa shape index (κ2) is 7.16. The van der Waals surface area contributed by atoms with Crippen LogP contribution < -0.4 is 11.1 Å². The van der Waals surface area contributed by atoms with Gasteiger partial charge in [0, 0.05) is 29.5 Å². The van der Waals surface area contributed by atoms with Crippen LogP contribution in [-0.2, 0) is 6.42 Å². The predicted octanol–water partition coefficient (Wildman–Crippen LogP) is 3.36. The number of fused-ring (bicyclic) bond motifs is 1. The molecule has 0 aliphatic heterocycles. The first-order chi connectivity index (χ1) is 13.1. The first-order valence-corrected chi connectivity index (χ1v) is 9.08. The number of carbonyl (C=O) groups is 1. The Hall–Kier alpha value is -3.26. The molecule has 6 nitrogen and oxygen atoms in total. The van der Waals surface area contributed by atoms with Crippen LogP contribution in [0.2, 0.25) is 0 Å². The Balaban J connectivity index is 1.39. The molecule has 0 unspecified atom stereocenters. The fraction of sp³-hybridized carbons (Fsp3) is 0.105. The first-order valence-electron chi connectivity index (χ1n) is 8.20. The third-order valence-electron chi connectivity index (χ3n) is 4.00. The fourth-order valence-electron chi connectivity index (χ4n) is 2.65. The molecule has 0 bridgehead atoms. The van der Waals surface area contributed by atoms with Gasteiger partial charge in [0.15, 0.2) is 5.58 Å². The summed E-state index contributed by atoms with van der Waals surface area (Å²) in [6, 6.07) is 10.8. The molecule has 2 aromatic carbocycles. The van der Waals surface area contributed by atoms with Crippen molar-refractivity contribution in [3.05, 3.63) is 74.8 Å². The summed E-state index contributed by atoms with van der Waals surface area (Å²) in [5.74, 6) is -1.11. The Morgan fingerprint density at radius 3 is 2.85 bits per heavy atom. The molecule has 4 aromatic rings. The summed E-state index contributed by atoms with van der Waals surface area (Å²) < 4.78 is 18.0. The molecule has 27 heavy (non-hydrogen) atoms. The van der Waals surface area contributed by atoms with Gasteiger partial charge in [0.05, 0.1) is 16.2 Å². The summed E-state index contributed by atoms with van der Waals surface area (Å²) in [6.07, 6.45) is 0.582. The minimum Gasteiger partial charge on any atom is -0.408 e. The SMILES string of the molecule is O=C(NCCc1nc(-c2ccc3[nH]c(=O)oc3c2)cs1)c1ccc(F)cc1. The zero-order valence-electron chi connectivity index (χ0n) is 14.0. The largest absolute Gasteiger partial charge is 0.417 e. The van der Waals surface area contributed by atoms with Crippen molar-refractivity contribution in [2.45, 2.75) is 6.42 Å². The Labute approximate surface area is 156 Å². The lowest BCUT2D eigenvalue weighted by atomic mass is 10.1. The summed E-state index contributed by atoms with van der Waals surface area (Å²) in [5.41, 5.74) is 3.17. The molecule has 4 rings (SSSR count). The van der Waals surface area contributed by atoms with E-state index in [2.05, 4.69) is 15.3 Å². The van der Waals surface area contributed by atoms with Crippen molar-refractivity contribution in [2.75, 3.05) is 6.54 Å². The molecule has 1 amide bonds. The third kappa shape index (κ3) is 3.80. The van der Waals surface area contributed by atoms with Crippen LogP contribution in [0.3, 0.4) is 0 Å². The van der Waals surface area contributed by atoms with Gasteiger partial charge >= 0.3 is 5.76 Å². The lowest BCUT2D eigenvalue weighted by Gasteiger charge is -2.03. The average molecular weight is 383 g/mol. The third-order valence-corrected chi connectivity index (χ3v) is 4.91. The van der Waals surface area contributed by atoms with E-state index in [1.165, 1.54) is 35.6 Å². The summed E-state index contributed by atoms with van der Waals surface area (Å²) in [7, 11) is 0. The van der Waals surface area contributed by atoms with Crippen LogP contribution in [0.1, 0.15) is 15.4 Å². The molecule has 0 fully saturated rings. The predicted molar refractivity (Wildman–Crippen MR) is 100 cm³/mol. The van der Waals surface area contributed by atoms with Crippen molar-refractivity contribution < 1.29 is 13.6 Å². The lowest BCUT2D eigenvalue weighted by molar-refractivity contribution is 0.0954. The number of H-pyrrole nitrogens is 1. The van der Waals surface area contributed by atoms with Gasteiger partial charge in [-0.15, -0.1) is 11.3 Å².